The second-order valence-corrected chi connectivity index (χ2v) is 7.02. The maximum absolute atomic E-state index is 12.4. The summed E-state index contributed by atoms with van der Waals surface area (Å²) in [6.07, 6.45) is 1.05. The van der Waals surface area contributed by atoms with Crippen LogP contribution in [0.2, 0.25) is 0 Å². The molecule has 27 heavy (non-hydrogen) atoms. The lowest BCUT2D eigenvalue weighted by Crippen LogP contribution is -2.44. The quantitative estimate of drug-likeness (QED) is 0.736. The molecule has 2 aromatic rings. The molecule has 1 aromatic carbocycles. The van der Waals surface area contributed by atoms with Gasteiger partial charge < -0.3 is 9.64 Å². The van der Waals surface area contributed by atoms with E-state index < -0.39 is 12.1 Å². The van der Waals surface area contributed by atoms with Gasteiger partial charge in [-0.25, -0.2) is 4.68 Å². The average molecular weight is 372 g/mol. The number of carbonyl (C=O) groups is 2. The van der Waals surface area contributed by atoms with Gasteiger partial charge in [-0.15, -0.1) is 5.10 Å². The van der Waals surface area contributed by atoms with Crippen molar-refractivity contribution in [2.45, 2.75) is 45.8 Å². The zero-order valence-corrected chi connectivity index (χ0v) is 15.6. The van der Waals surface area contributed by atoms with E-state index in [-0.39, 0.29) is 24.4 Å². The zero-order valence-electron chi connectivity index (χ0n) is 15.6. The van der Waals surface area contributed by atoms with E-state index in [9.17, 15) is 14.4 Å². The Hall–Kier alpha value is -2.77. The first-order valence-corrected chi connectivity index (χ1v) is 9.26. The van der Waals surface area contributed by atoms with E-state index in [4.69, 9.17) is 4.74 Å². The maximum atomic E-state index is 12.4. The van der Waals surface area contributed by atoms with Gasteiger partial charge in [0.25, 0.3) is 11.5 Å². The average Bonchev–Trinajstić information content (AvgIpc) is 2.67. The lowest BCUT2D eigenvalue weighted by atomic mass is 9.99. The van der Waals surface area contributed by atoms with Gasteiger partial charge in [0.15, 0.2) is 6.10 Å². The van der Waals surface area contributed by atoms with E-state index >= 15 is 0 Å². The van der Waals surface area contributed by atoms with E-state index in [1.54, 1.807) is 36.1 Å². The number of hydrogen-bond donors (Lipinski definition) is 0. The summed E-state index contributed by atoms with van der Waals surface area (Å²) in [6, 6.07) is 6.90. The number of esters is 1. The lowest BCUT2D eigenvalue weighted by molar-refractivity contribution is -0.160. The van der Waals surface area contributed by atoms with Crippen molar-refractivity contribution in [2.24, 2.45) is 5.92 Å². The number of piperidine rings is 1. The van der Waals surface area contributed by atoms with Crippen molar-refractivity contribution in [1.82, 2.24) is 19.9 Å². The standard InChI is InChI=1S/C19H24N4O4/c1-13-7-10-22(11-8-13)18(25)14(2)27-17(24)9-12-23-19(26)15-5-3-4-6-16(15)20-21-23/h3-6,13-14H,7-12H2,1-2H3. The first-order chi connectivity index (χ1) is 13.0. The first kappa shape index (κ1) is 19.0. The minimum atomic E-state index is -0.828. The van der Waals surface area contributed by atoms with Crippen molar-refractivity contribution < 1.29 is 14.3 Å². The van der Waals surface area contributed by atoms with Gasteiger partial charge in [0.05, 0.1) is 18.4 Å². The molecule has 1 aromatic heterocycles. The zero-order chi connectivity index (χ0) is 19.4. The van der Waals surface area contributed by atoms with Crippen LogP contribution in [0.25, 0.3) is 10.9 Å². The highest BCUT2D eigenvalue weighted by Crippen LogP contribution is 2.17. The van der Waals surface area contributed by atoms with Crippen LogP contribution in [0.4, 0.5) is 0 Å². The number of likely N-dealkylation sites (tertiary alicyclic amines) is 1. The summed E-state index contributed by atoms with van der Waals surface area (Å²) in [5.74, 6) is -0.0886. The van der Waals surface area contributed by atoms with E-state index in [1.165, 1.54) is 0 Å². The van der Waals surface area contributed by atoms with Gasteiger partial charge in [-0.2, -0.15) is 0 Å². The molecule has 0 bridgehead atoms. The summed E-state index contributed by atoms with van der Waals surface area (Å²) in [7, 11) is 0. The van der Waals surface area contributed by atoms with Crippen LogP contribution in [0.15, 0.2) is 29.1 Å². The van der Waals surface area contributed by atoms with Gasteiger partial charge in [-0.05, 0) is 37.8 Å². The number of hydrogen-bond acceptors (Lipinski definition) is 6. The number of nitrogens with zero attached hydrogens (tertiary/aromatic N) is 4. The van der Waals surface area contributed by atoms with Gasteiger partial charge in [0.2, 0.25) is 0 Å². The van der Waals surface area contributed by atoms with Crippen LogP contribution < -0.4 is 5.56 Å². The number of ether oxygens (including phenoxy) is 1. The molecule has 3 rings (SSSR count). The SMILES string of the molecule is CC1CCN(C(=O)C(C)OC(=O)CCn2nnc3ccccc3c2=O)CC1. The summed E-state index contributed by atoms with van der Waals surface area (Å²) in [6.45, 7) is 5.20. The number of carbonyl (C=O) groups excluding carboxylic acids is 2. The van der Waals surface area contributed by atoms with Crippen LogP contribution in [0.3, 0.4) is 0 Å². The Labute approximate surface area is 157 Å². The number of rotatable bonds is 5. The maximum Gasteiger partial charge on any atom is 0.308 e. The molecule has 1 saturated heterocycles. The van der Waals surface area contributed by atoms with Crippen molar-refractivity contribution in [2.75, 3.05) is 13.1 Å². The molecular formula is C19H24N4O4. The van der Waals surface area contributed by atoms with E-state index in [1.807, 2.05) is 0 Å². The molecule has 8 heteroatoms. The fourth-order valence-corrected chi connectivity index (χ4v) is 3.16. The predicted molar refractivity (Wildman–Crippen MR) is 98.9 cm³/mol. The second kappa shape index (κ2) is 8.28. The normalized spacial score (nSPS) is 16.3. The summed E-state index contributed by atoms with van der Waals surface area (Å²) in [4.78, 5) is 38.6. The molecule has 1 fully saturated rings. The van der Waals surface area contributed by atoms with Gasteiger partial charge in [0, 0.05) is 13.1 Å². The lowest BCUT2D eigenvalue weighted by Gasteiger charge is -2.31. The Bertz CT molecular complexity index is 887. The number of amides is 1. The summed E-state index contributed by atoms with van der Waals surface area (Å²) < 4.78 is 6.39. The molecular weight excluding hydrogens is 348 g/mol. The van der Waals surface area contributed by atoms with Crippen LogP contribution in [-0.2, 0) is 20.9 Å². The van der Waals surface area contributed by atoms with Crippen LogP contribution >= 0.6 is 0 Å². The van der Waals surface area contributed by atoms with Gasteiger partial charge >= 0.3 is 5.97 Å². The third-order valence-electron chi connectivity index (χ3n) is 4.91. The first-order valence-electron chi connectivity index (χ1n) is 9.26. The van der Waals surface area contributed by atoms with Crippen molar-refractivity contribution in [3.63, 3.8) is 0 Å². The highest BCUT2D eigenvalue weighted by atomic mass is 16.5. The van der Waals surface area contributed by atoms with Crippen LogP contribution in [0.1, 0.15) is 33.1 Å². The van der Waals surface area contributed by atoms with Gasteiger partial charge in [-0.1, -0.05) is 24.3 Å². The van der Waals surface area contributed by atoms with E-state index in [0.29, 0.717) is 29.9 Å². The number of aryl methyl sites for hydroxylation is 1. The van der Waals surface area contributed by atoms with Crippen LogP contribution in [0.5, 0.6) is 0 Å². The fraction of sp³-hybridized carbons (Fsp3) is 0.526. The number of aromatic nitrogens is 3. The largest absolute Gasteiger partial charge is 0.452 e. The van der Waals surface area contributed by atoms with Crippen molar-refractivity contribution in [1.29, 1.82) is 0 Å². The smallest absolute Gasteiger partial charge is 0.308 e. The van der Waals surface area contributed by atoms with E-state index in [0.717, 1.165) is 17.5 Å². The molecule has 0 spiro atoms. The predicted octanol–water partition coefficient (Wildman–Crippen LogP) is 1.37. The Morgan fingerprint density at radius 3 is 2.70 bits per heavy atom. The molecule has 144 valence electrons. The molecule has 0 radical (unpaired) electrons. The third-order valence-corrected chi connectivity index (χ3v) is 4.91. The van der Waals surface area contributed by atoms with E-state index in [2.05, 4.69) is 17.2 Å². The highest BCUT2D eigenvalue weighted by molar-refractivity contribution is 5.83. The highest BCUT2D eigenvalue weighted by Gasteiger charge is 2.26. The molecule has 0 aliphatic carbocycles. The van der Waals surface area contributed by atoms with Crippen molar-refractivity contribution >= 4 is 22.8 Å². The van der Waals surface area contributed by atoms with Gasteiger partial charge in [0.1, 0.15) is 5.52 Å². The molecule has 1 amide bonds. The molecule has 1 aliphatic rings. The molecule has 0 N–H and O–H groups in total. The molecule has 2 heterocycles. The Balaban J connectivity index is 1.54. The monoisotopic (exact) mass is 372 g/mol. The summed E-state index contributed by atoms with van der Waals surface area (Å²) >= 11 is 0. The summed E-state index contributed by atoms with van der Waals surface area (Å²) in [5, 5.41) is 8.27. The van der Waals surface area contributed by atoms with Crippen molar-refractivity contribution in [3.05, 3.63) is 34.6 Å². The number of fused-ring (bicyclic) bond motifs is 1. The fourth-order valence-electron chi connectivity index (χ4n) is 3.16. The molecule has 1 aliphatic heterocycles. The second-order valence-electron chi connectivity index (χ2n) is 7.02. The molecule has 0 saturated carbocycles. The minimum absolute atomic E-state index is 0.0532. The third kappa shape index (κ3) is 4.50. The topological polar surface area (TPSA) is 94.4 Å². The molecule has 1 atom stereocenters. The van der Waals surface area contributed by atoms with Crippen LogP contribution in [-0.4, -0.2) is 51.0 Å². The Morgan fingerprint density at radius 2 is 1.96 bits per heavy atom. The Morgan fingerprint density at radius 1 is 1.26 bits per heavy atom. The minimum Gasteiger partial charge on any atom is -0.452 e. The van der Waals surface area contributed by atoms with Crippen molar-refractivity contribution in [3.8, 4) is 0 Å². The van der Waals surface area contributed by atoms with Gasteiger partial charge in [-0.3, -0.25) is 14.4 Å². The van der Waals surface area contributed by atoms with Crippen LogP contribution in [0, 0.1) is 5.92 Å². The molecule has 8 nitrogen and oxygen atoms in total. The summed E-state index contributed by atoms with van der Waals surface area (Å²) in [5.41, 5.74) is 0.205. The number of benzene rings is 1. The molecule has 1 unspecified atom stereocenters. The Kier molecular flexibility index (Phi) is 5.83.